The zero-order valence-electron chi connectivity index (χ0n) is 14.2. The van der Waals surface area contributed by atoms with Crippen LogP contribution < -0.4 is 15.4 Å². The number of urea groups is 1. The number of ether oxygens (including phenoxy) is 1. The first-order valence-corrected chi connectivity index (χ1v) is 8.67. The summed E-state index contributed by atoms with van der Waals surface area (Å²) in [5, 5.41) is 5.09. The molecule has 130 valence electrons. The van der Waals surface area contributed by atoms with Gasteiger partial charge in [0.05, 0.1) is 22.9 Å². The Morgan fingerprint density at radius 3 is 2.75 bits per heavy atom. The molecule has 1 unspecified atom stereocenters. The van der Waals surface area contributed by atoms with Gasteiger partial charge in [-0.05, 0) is 39.8 Å². The average molecular weight is 350 g/mol. The van der Waals surface area contributed by atoms with Gasteiger partial charge in [0, 0.05) is 12.1 Å². The number of imidazole rings is 1. The summed E-state index contributed by atoms with van der Waals surface area (Å²) < 4.78 is 5.45. The fraction of sp³-hybridized carbons (Fsp3) is 0.438. The zero-order chi connectivity index (χ0) is 17.7. The van der Waals surface area contributed by atoms with Crippen LogP contribution in [0.2, 0.25) is 0 Å². The standard InChI is InChI=1S/C16H22N4O3S/c1-5-23-11-6-7-12-13(8-11)19-16(18-12)24-10(4)14(21)20-15(22)17-9(2)3/h6-10H,5H2,1-4H3,(H,18,19)(H2,17,20,21,22). The molecule has 1 heterocycles. The Morgan fingerprint density at radius 2 is 2.08 bits per heavy atom. The van der Waals surface area contributed by atoms with Gasteiger partial charge < -0.3 is 15.0 Å². The molecule has 0 fully saturated rings. The monoisotopic (exact) mass is 350 g/mol. The molecule has 0 radical (unpaired) electrons. The molecule has 1 atom stereocenters. The summed E-state index contributed by atoms with van der Waals surface area (Å²) >= 11 is 1.26. The van der Waals surface area contributed by atoms with E-state index >= 15 is 0 Å². The Hall–Kier alpha value is -2.22. The molecule has 1 aromatic heterocycles. The van der Waals surface area contributed by atoms with Crippen LogP contribution in [0.3, 0.4) is 0 Å². The molecule has 2 aromatic rings. The molecule has 0 saturated heterocycles. The van der Waals surface area contributed by atoms with Crippen LogP contribution in [-0.4, -0.2) is 39.8 Å². The maximum absolute atomic E-state index is 12.0. The Balaban J connectivity index is 2.00. The van der Waals surface area contributed by atoms with Crippen molar-refractivity contribution in [2.24, 2.45) is 0 Å². The predicted octanol–water partition coefficient (Wildman–Crippen LogP) is 2.68. The van der Waals surface area contributed by atoms with Crippen molar-refractivity contribution < 1.29 is 14.3 Å². The van der Waals surface area contributed by atoms with Crippen molar-refractivity contribution in [3.8, 4) is 5.75 Å². The highest BCUT2D eigenvalue weighted by atomic mass is 32.2. The molecule has 1 aromatic carbocycles. The minimum atomic E-state index is -0.492. The van der Waals surface area contributed by atoms with Gasteiger partial charge in [0.15, 0.2) is 5.16 Å². The van der Waals surface area contributed by atoms with Crippen LogP contribution in [0.15, 0.2) is 23.4 Å². The lowest BCUT2D eigenvalue weighted by Crippen LogP contribution is -2.45. The van der Waals surface area contributed by atoms with E-state index in [0.717, 1.165) is 16.8 Å². The van der Waals surface area contributed by atoms with Crippen molar-refractivity contribution in [3.63, 3.8) is 0 Å². The second-order valence-electron chi connectivity index (χ2n) is 5.53. The van der Waals surface area contributed by atoms with E-state index in [2.05, 4.69) is 20.6 Å². The second kappa shape index (κ2) is 8.05. The molecule has 7 nitrogen and oxygen atoms in total. The van der Waals surface area contributed by atoms with Gasteiger partial charge in [0.2, 0.25) is 5.91 Å². The highest BCUT2D eigenvalue weighted by Crippen LogP contribution is 2.25. The normalized spacial score (nSPS) is 12.2. The number of benzene rings is 1. The molecule has 0 aliphatic heterocycles. The molecule has 0 aliphatic carbocycles. The summed E-state index contributed by atoms with van der Waals surface area (Å²) in [5.74, 6) is 0.398. The molecule has 0 spiro atoms. The fourth-order valence-corrected chi connectivity index (χ4v) is 2.83. The summed E-state index contributed by atoms with van der Waals surface area (Å²) in [5.41, 5.74) is 1.64. The van der Waals surface area contributed by atoms with E-state index in [9.17, 15) is 9.59 Å². The van der Waals surface area contributed by atoms with Gasteiger partial charge in [-0.3, -0.25) is 10.1 Å². The quantitative estimate of drug-likeness (QED) is 0.696. The lowest BCUT2D eigenvalue weighted by Gasteiger charge is -2.12. The minimum absolute atomic E-state index is 0.0318. The number of hydrogen-bond acceptors (Lipinski definition) is 5. The third-order valence-electron chi connectivity index (χ3n) is 3.06. The first-order chi connectivity index (χ1) is 11.4. The van der Waals surface area contributed by atoms with Gasteiger partial charge >= 0.3 is 6.03 Å². The first-order valence-electron chi connectivity index (χ1n) is 7.79. The summed E-state index contributed by atoms with van der Waals surface area (Å²) in [6.45, 7) is 7.90. The Labute approximate surface area is 144 Å². The van der Waals surface area contributed by atoms with E-state index in [-0.39, 0.29) is 11.9 Å². The van der Waals surface area contributed by atoms with Gasteiger partial charge in [0.1, 0.15) is 5.75 Å². The van der Waals surface area contributed by atoms with Crippen molar-refractivity contribution in [1.82, 2.24) is 20.6 Å². The van der Waals surface area contributed by atoms with Gasteiger partial charge in [-0.2, -0.15) is 0 Å². The third kappa shape index (κ3) is 4.89. The molecular weight excluding hydrogens is 328 g/mol. The molecule has 8 heteroatoms. The number of carbonyl (C=O) groups excluding carboxylic acids is 2. The highest BCUT2D eigenvalue weighted by Gasteiger charge is 2.19. The number of nitrogens with zero attached hydrogens (tertiary/aromatic N) is 1. The van der Waals surface area contributed by atoms with E-state index in [1.807, 2.05) is 39.0 Å². The smallest absolute Gasteiger partial charge is 0.321 e. The Bertz CT molecular complexity index is 729. The van der Waals surface area contributed by atoms with Crippen molar-refractivity contribution in [1.29, 1.82) is 0 Å². The number of aromatic amines is 1. The summed E-state index contributed by atoms with van der Waals surface area (Å²) in [6, 6.07) is 5.07. The third-order valence-corrected chi connectivity index (χ3v) is 4.04. The number of rotatable bonds is 6. The number of amides is 3. The molecule has 24 heavy (non-hydrogen) atoms. The lowest BCUT2D eigenvalue weighted by molar-refractivity contribution is -0.119. The maximum atomic E-state index is 12.0. The minimum Gasteiger partial charge on any atom is -0.494 e. The fourth-order valence-electron chi connectivity index (χ4n) is 2.01. The molecule has 0 saturated carbocycles. The van der Waals surface area contributed by atoms with Crippen LogP contribution in [0.4, 0.5) is 4.79 Å². The van der Waals surface area contributed by atoms with Crippen molar-refractivity contribution in [2.75, 3.05) is 6.61 Å². The molecule has 3 amide bonds. The number of nitrogens with one attached hydrogen (secondary N) is 3. The van der Waals surface area contributed by atoms with E-state index in [0.29, 0.717) is 11.8 Å². The molecule has 3 N–H and O–H groups in total. The largest absolute Gasteiger partial charge is 0.494 e. The van der Waals surface area contributed by atoms with Gasteiger partial charge in [0.25, 0.3) is 0 Å². The SMILES string of the molecule is CCOc1ccc2nc(SC(C)C(=O)NC(=O)NC(C)C)[nH]c2c1. The van der Waals surface area contributed by atoms with Crippen LogP contribution in [0.1, 0.15) is 27.7 Å². The molecule has 2 rings (SSSR count). The molecule has 0 bridgehead atoms. The number of H-pyrrole nitrogens is 1. The molecule has 0 aliphatic rings. The predicted molar refractivity (Wildman–Crippen MR) is 94.4 cm³/mol. The van der Waals surface area contributed by atoms with Gasteiger partial charge in [-0.25, -0.2) is 9.78 Å². The average Bonchev–Trinajstić information content (AvgIpc) is 2.87. The number of fused-ring (bicyclic) bond motifs is 1. The van der Waals surface area contributed by atoms with Gasteiger partial charge in [-0.1, -0.05) is 11.8 Å². The highest BCUT2D eigenvalue weighted by molar-refractivity contribution is 8.00. The van der Waals surface area contributed by atoms with Crippen LogP contribution in [-0.2, 0) is 4.79 Å². The van der Waals surface area contributed by atoms with E-state index in [1.54, 1.807) is 6.92 Å². The van der Waals surface area contributed by atoms with Gasteiger partial charge in [-0.15, -0.1) is 0 Å². The van der Waals surface area contributed by atoms with E-state index in [1.165, 1.54) is 11.8 Å². The summed E-state index contributed by atoms with van der Waals surface area (Å²) in [7, 11) is 0. The van der Waals surface area contributed by atoms with Crippen LogP contribution in [0.5, 0.6) is 5.75 Å². The first kappa shape index (κ1) is 18.1. The topological polar surface area (TPSA) is 96.1 Å². The van der Waals surface area contributed by atoms with Crippen LogP contribution in [0.25, 0.3) is 11.0 Å². The number of carbonyl (C=O) groups is 2. The summed E-state index contributed by atoms with van der Waals surface area (Å²) in [6.07, 6.45) is 0. The van der Waals surface area contributed by atoms with Crippen LogP contribution >= 0.6 is 11.8 Å². The second-order valence-corrected chi connectivity index (χ2v) is 6.86. The Morgan fingerprint density at radius 1 is 1.33 bits per heavy atom. The summed E-state index contributed by atoms with van der Waals surface area (Å²) in [4.78, 5) is 31.2. The number of hydrogen-bond donors (Lipinski definition) is 3. The van der Waals surface area contributed by atoms with Crippen molar-refractivity contribution in [2.45, 2.75) is 44.1 Å². The number of aromatic nitrogens is 2. The van der Waals surface area contributed by atoms with E-state index in [4.69, 9.17) is 4.74 Å². The van der Waals surface area contributed by atoms with Crippen molar-refractivity contribution in [3.05, 3.63) is 18.2 Å². The lowest BCUT2D eigenvalue weighted by atomic mass is 10.3. The number of thioether (sulfide) groups is 1. The van der Waals surface area contributed by atoms with Crippen molar-refractivity contribution >= 4 is 34.7 Å². The zero-order valence-corrected chi connectivity index (χ0v) is 15.0. The number of imide groups is 1. The van der Waals surface area contributed by atoms with E-state index < -0.39 is 11.3 Å². The maximum Gasteiger partial charge on any atom is 0.321 e. The van der Waals surface area contributed by atoms with Crippen LogP contribution in [0, 0.1) is 0 Å². The Kier molecular flexibility index (Phi) is 6.08. The molecular formula is C16H22N4O3S.